The fourth-order valence-electron chi connectivity index (χ4n) is 3.13. The van der Waals surface area contributed by atoms with Gasteiger partial charge in [0.15, 0.2) is 0 Å². The molecule has 10 heteroatoms. The van der Waals surface area contributed by atoms with E-state index in [4.69, 9.17) is 14.2 Å². The quantitative estimate of drug-likeness (QED) is 0.316. The normalized spacial score (nSPS) is 25.9. The van der Waals surface area contributed by atoms with Crippen LogP contribution in [0.2, 0.25) is 0 Å². The largest absolute Gasteiger partial charge is 0.508 e. The molecule has 0 unspecified atom stereocenters. The number of nitro groups is 1. The fourth-order valence-corrected chi connectivity index (χ4v) is 4.62. The average molecular weight is 410 g/mol. The zero-order valence-corrected chi connectivity index (χ0v) is 16.6. The topological polar surface area (TPSA) is 108 Å². The molecule has 0 aliphatic carbocycles. The van der Waals surface area contributed by atoms with E-state index in [1.807, 2.05) is 20.8 Å². The Balaban J connectivity index is 1.49. The van der Waals surface area contributed by atoms with Gasteiger partial charge in [-0.1, -0.05) is 6.92 Å². The second kappa shape index (κ2) is 7.96. The van der Waals surface area contributed by atoms with E-state index < -0.39 is 22.7 Å². The summed E-state index contributed by atoms with van der Waals surface area (Å²) in [5.74, 6) is -0.542. The first-order valence-corrected chi connectivity index (χ1v) is 9.79. The van der Waals surface area contributed by atoms with E-state index >= 15 is 0 Å². The molecular formula is C18H22N2O7S. The molecule has 9 nitrogen and oxygen atoms in total. The molecule has 28 heavy (non-hydrogen) atoms. The van der Waals surface area contributed by atoms with E-state index in [2.05, 4.69) is 0 Å². The van der Waals surface area contributed by atoms with Crippen LogP contribution in [-0.2, 0) is 25.6 Å². The Morgan fingerprint density at radius 2 is 2.04 bits per heavy atom. The number of rotatable bonds is 5. The summed E-state index contributed by atoms with van der Waals surface area (Å²) < 4.78 is 15.9. The van der Waals surface area contributed by atoms with E-state index in [9.17, 15) is 19.7 Å². The van der Waals surface area contributed by atoms with Crippen molar-refractivity contribution < 1.29 is 28.7 Å². The maximum absolute atomic E-state index is 12.5. The Morgan fingerprint density at radius 1 is 1.36 bits per heavy atom. The highest BCUT2D eigenvalue weighted by Gasteiger charge is 2.56. The lowest BCUT2D eigenvalue weighted by atomic mass is 9.96. The predicted octanol–water partition coefficient (Wildman–Crippen LogP) is 2.92. The Hall–Kier alpha value is -2.33. The third kappa shape index (κ3) is 4.22. The van der Waals surface area contributed by atoms with E-state index in [0.717, 1.165) is 0 Å². The molecule has 0 saturated carbocycles. The molecular weight excluding hydrogens is 388 g/mol. The van der Waals surface area contributed by atoms with Crippen LogP contribution in [0.15, 0.2) is 24.3 Å². The lowest BCUT2D eigenvalue weighted by molar-refractivity contribution is -0.384. The highest BCUT2D eigenvalue weighted by Crippen LogP contribution is 2.45. The van der Waals surface area contributed by atoms with Gasteiger partial charge < -0.3 is 19.1 Å². The minimum atomic E-state index is -0.883. The number of hydrogen-bond acceptors (Lipinski definition) is 8. The maximum Gasteiger partial charge on any atom is 0.508 e. The van der Waals surface area contributed by atoms with Gasteiger partial charge in [-0.25, -0.2) is 4.79 Å². The van der Waals surface area contributed by atoms with Gasteiger partial charge in [0.2, 0.25) is 5.91 Å². The van der Waals surface area contributed by atoms with Gasteiger partial charge in [0.05, 0.1) is 16.9 Å². The SMILES string of the molecule is C[C@@H]1COC(C)(C)N2C(=O)[C@H](COC(=O)OCc3ccc([N+](=O)[O-])cc3)[C@H]2S1. The summed E-state index contributed by atoms with van der Waals surface area (Å²) in [6.45, 7) is 6.15. The summed E-state index contributed by atoms with van der Waals surface area (Å²) in [4.78, 5) is 36.2. The Labute approximate surface area is 166 Å². The number of nitrogens with zero attached hydrogens (tertiary/aromatic N) is 2. The monoisotopic (exact) mass is 410 g/mol. The zero-order chi connectivity index (χ0) is 20.5. The summed E-state index contributed by atoms with van der Waals surface area (Å²) in [7, 11) is 0. The van der Waals surface area contributed by atoms with E-state index in [-0.39, 0.29) is 35.4 Å². The number of β-lactam (4-membered cyclic amide) rings is 1. The maximum atomic E-state index is 12.5. The van der Waals surface area contributed by atoms with Crippen LogP contribution in [0.4, 0.5) is 10.5 Å². The zero-order valence-electron chi connectivity index (χ0n) is 15.8. The smallest absolute Gasteiger partial charge is 0.433 e. The van der Waals surface area contributed by atoms with Crippen LogP contribution in [0.1, 0.15) is 26.3 Å². The molecule has 1 amide bonds. The molecule has 0 N–H and O–H groups in total. The second-order valence-electron chi connectivity index (χ2n) is 7.18. The van der Waals surface area contributed by atoms with Crippen LogP contribution in [0.3, 0.4) is 0 Å². The second-order valence-corrected chi connectivity index (χ2v) is 8.74. The van der Waals surface area contributed by atoms with Crippen LogP contribution in [0, 0.1) is 16.0 Å². The molecule has 1 aromatic carbocycles. The first-order valence-electron chi connectivity index (χ1n) is 8.84. The molecule has 152 valence electrons. The number of hydrogen-bond donors (Lipinski definition) is 0. The van der Waals surface area contributed by atoms with Gasteiger partial charge in [0, 0.05) is 17.4 Å². The standard InChI is InChI=1S/C18H22N2O7S/c1-11-8-27-18(2,3)19-15(21)14(16(19)28-11)10-26-17(22)25-9-12-4-6-13(7-5-12)20(23)24/h4-7,11,14,16H,8-10H2,1-3H3/t11-,14+,16-/m1/s1. The third-order valence-electron chi connectivity index (χ3n) is 4.66. The molecule has 2 fully saturated rings. The average Bonchev–Trinajstić information content (AvgIpc) is 2.74. The number of carbonyl (C=O) groups excluding carboxylic acids is 2. The lowest BCUT2D eigenvalue weighted by Gasteiger charge is -2.52. The van der Waals surface area contributed by atoms with Crippen LogP contribution >= 0.6 is 11.8 Å². The van der Waals surface area contributed by atoms with Crippen molar-refractivity contribution in [2.75, 3.05) is 13.2 Å². The number of benzene rings is 1. The molecule has 3 rings (SSSR count). The van der Waals surface area contributed by atoms with Crippen molar-refractivity contribution in [3.05, 3.63) is 39.9 Å². The van der Waals surface area contributed by atoms with Crippen LogP contribution in [-0.4, -0.2) is 51.4 Å². The minimum Gasteiger partial charge on any atom is -0.433 e. The highest BCUT2D eigenvalue weighted by molar-refractivity contribution is 8.00. The molecule has 0 radical (unpaired) electrons. The van der Waals surface area contributed by atoms with Crippen LogP contribution in [0.5, 0.6) is 0 Å². The van der Waals surface area contributed by atoms with Gasteiger partial charge in [-0.3, -0.25) is 14.9 Å². The van der Waals surface area contributed by atoms with Gasteiger partial charge in [-0.05, 0) is 31.5 Å². The molecule has 2 aliphatic heterocycles. The minimum absolute atomic E-state index is 0.0404. The third-order valence-corrected chi connectivity index (χ3v) is 6.08. The van der Waals surface area contributed by atoms with Gasteiger partial charge >= 0.3 is 6.16 Å². The molecule has 1 aromatic rings. The number of carbonyl (C=O) groups is 2. The summed E-state index contributed by atoms with van der Waals surface area (Å²) >= 11 is 1.63. The number of nitro benzene ring substituents is 1. The first kappa shape index (κ1) is 20.4. The molecule has 2 saturated heterocycles. The Morgan fingerprint density at radius 3 is 2.68 bits per heavy atom. The molecule has 0 bridgehead atoms. The molecule has 3 atom stereocenters. The summed E-state index contributed by atoms with van der Waals surface area (Å²) in [6, 6.07) is 5.68. The number of thioether (sulfide) groups is 1. The van der Waals surface area contributed by atoms with Crippen molar-refractivity contribution in [2.45, 2.75) is 43.7 Å². The van der Waals surface area contributed by atoms with Crippen molar-refractivity contribution in [1.82, 2.24) is 4.90 Å². The van der Waals surface area contributed by atoms with Crippen molar-refractivity contribution in [3.8, 4) is 0 Å². The fraction of sp³-hybridized carbons (Fsp3) is 0.556. The highest BCUT2D eigenvalue weighted by atomic mass is 32.2. The molecule has 0 aromatic heterocycles. The molecule has 2 aliphatic rings. The van der Waals surface area contributed by atoms with E-state index in [1.165, 1.54) is 24.3 Å². The van der Waals surface area contributed by atoms with E-state index in [0.29, 0.717) is 12.2 Å². The summed E-state index contributed by atoms with van der Waals surface area (Å²) in [5, 5.41) is 10.7. The van der Waals surface area contributed by atoms with Crippen molar-refractivity contribution in [3.63, 3.8) is 0 Å². The van der Waals surface area contributed by atoms with Gasteiger partial charge in [0.25, 0.3) is 5.69 Å². The summed E-state index contributed by atoms with van der Waals surface area (Å²) in [5.41, 5.74) is -0.131. The van der Waals surface area contributed by atoms with Crippen molar-refractivity contribution in [1.29, 1.82) is 0 Å². The van der Waals surface area contributed by atoms with Crippen molar-refractivity contribution in [2.24, 2.45) is 5.92 Å². The summed E-state index contributed by atoms with van der Waals surface area (Å²) in [6.07, 6.45) is -0.883. The Kier molecular flexibility index (Phi) is 5.80. The molecule has 0 spiro atoms. The van der Waals surface area contributed by atoms with E-state index in [1.54, 1.807) is 16.7 Å². The van der Waals surface area contributed by atoms with Crippen LogP contribution < -0.4 is 0 Å². The van der Waals surface area contributed by atoms with Crippen molar-refractivity contribution >= 4 is 29.5 Å². The number of non-ortho nitro benzene ring substituents is 1. The molecule has 2 heterocycles. The van der Waals surface area contributed by atoms with Gasteiger partial charge in [-0.15, -0.1) is 11.8 Å². The van der Waals surface area contributed by atoms with Gasteiger partial charge in [0.1, 0.15) is 24.9 Å². The Bertz CT molecular complexity index is 768. The number of ether oxygens (including phenoxy) is 3. The predicted molar refractivity (Wildman–Crippen MR) is 100 cm³/mol. The first-order chi connectivity index (χ1) is 13.2. The van der Waals surface area contributed by atoms with Gasteiger partial charge in [-0.2, -0.15) is 0 Å². The van der Waals surface area contributed by atoms with Crippen LogP contribution in [0.25, 0.3) is 0 Å². The number of fused-ring (bicyclic) bond motifs is 1. The number of amides is 1. The lowest BCUT2D eigenvalue weighted by Crippen LogP contribution is -2.67.